The summed E-state index contributed by atoms with van der Waals surface area (Å²) >= 11 is 5.51. The Morgan fingerprint density at radius 3 is 2.53 bits per heavy atom. The van der Waals surface area contributed by atoms with Crippen LogP contribution in [0, 0.1) is 6.57 Å². The first-order valence-corrected chi connectivity index (χ1v) is 3.94. The first-order chi connectivity index (χ1) is 7.06. The van der Waals surface area contributed by atoms with E-state index in [1.165, 1.54) is 0 Å². The number of nitrogens with zero attached hydrogens (tertiary/aromatic N) is 3. The number of aromatic nitrogens is 4. The van der Waals surface area contributed by atoms with Gasteiger partial charge in [0.25, 0.3) is 0 Å². The molecule has 2 N–H and O–H groups in total. The largest absolute Gasteiger partial charge is 0.416 e. The highest BCUT2D eigenvalue weighted by Crippen LogP contribution is 1.99. The molecule has 8 nitrogen and oxygen atoms in total. The third kappa shape index (κ3) is 1.10. The average Bonchev–Trinajstić information content (AvgIpc) is 2.58. The minimum absolute atomic E-state index is 0.156. The van der Waals surface area contributed by atoms with Crippen LogP contribution in [0.4, 0.5) is 0 Å². The van der Waals surface area contributed by atoms with Crippen molar-refractivity contribution in [2.24, 2.45) is 0 Å². The Balaban J connectivity index is 3.25. The van der Waals surface area contributed by atoms with Crippen molar-refractivity contribution in [2.75, 3.05) is 0 Å². The summed E-state index contributed by atoms with van der Waals surface area (Å²) < 4.78 is 0.714. The average molecular weight is 228 g/mol. The normalized spacial score (nSPS) is 10.4. The van der Waals surface area contributed by atoms with Crippen molar-refractivity contribution in [1.82, 2.24) is 18.7 Å². The fourth-order valence-electron chi connectivity index (χ4n) is 1.14. The van der Waals surface area contributed by atoms with Crippen LogP contribution in [0.5, 0.6) is 0 Å². The van der Waals surface area contributed by atoms with Crippen molar-refractivity contribution in [3.8, 4) is 0 Å². The van der Waals surface area contributed by atoms with Gasteiger partial charge in [-0.1, -0.05) is 0 Å². The van der Waals surface area contributed by atoms with Crippen LogP contribution in [0.1, 0.15) is 0 Å². The van der Waals surface area contributed by atoms with Crippen molar-refractivity contribution in [2.45, 2.75) is 0 Å². The molecule has 2 aromatic rings. The maximum atomic E-state index is 11.4. The van der Waals surface area contributed by atoms with Gasteiger partial charge >= 0.3 is 16.9 Å². The standard InChI is InChI=1S/C6H2ClN5O3/c1-8-12-4(13)2-3(10-5(14)9-2)11(7)6(12)15/h(H2,9,10,14). The predicted octanol–water partition coefficient (Wildman–Crippen LogP) is -1.14. The van der Waals surface area contributed by atoms with E-state index >= 15 is 0 Å². The van der Waals surface area contributed by atoms with Gasteiger partial charge in [0.1, 0.15) is 0 Å². The summed E-state index contributed by atoms with van der Waals surface area (Å²) in [5.41, 5.74) is -3.00. The summed E-state index contributed by atoms with van der Waals surface area (Å²) in [6, 6.07) is 0. The highest BCUT2D eigenvalue weighted by Gasteiger charge is 2.17. The van der Waals surface area contributed by atoms with Crippen molar-refractivity contribution in [3.63, 3.8) is 0 Å². The molecule has 9 heteroatoms. The van der Waals surface area contributed by atoms with Gasteiger partial charge in [0.2, 0.25) is 0 Å². The van der Waals surface area contributed by atoms with E-state index < -0.39 is 16.9 Å². The van der Waals surface area contributed by atoms with Gasteiger partial charge in [-0.2, -0.15) is 10.7 Å². The summed E-state index contributed by atoms with van der Waals surface area (Å²) in [5, 5.41) is 0. The summed E-state index contributed by atoms with van der Waals surface area (Å²) in [7, 11) is 0. The van der Waals surface area contributed by atoms with Crippen molar-refractivity contribution in [1.29, 1.82) is 0 Å². The number of aromatic amines is 2. The number of H-pyrrole nitrogens is 2. The van der Waals surface area contributed by atoms with Crippen LogP contribution in [0.25, 0.3) is 16.1 Å². The molecule has 0 aliphatic heterocycles. The number of fused-ring (bicyclic) bond motifs is 1. The topological polar surface area (TPSA) is 97.0 Å². The van der Waals surface area contributed by atoms with E-state index in [1.807, 2.05) is 0 Å². The van der Waals surface area contributed by atoms with Crippen LogP contribution in [0.2, 0.25) is 0 Å². The van der Waals surface area contributed by atoms with Crippen LogP contribution in [-0.2, 0) is 0 Å². The fourth-order valence-corrected chi connectivity index (χ4v) is 1.33. The van der Waals surface area contributed by atoms with Crippen LogP contribution in [0.3, 0.4) is 0 Å². The number of rotatable bonds is 0. The molecule has 0 atom stereocenters. The minimum atomic E-state index is -1.03. The van der Waals surface area contributed by atoms with E-state index in [0.717, 1.165) is 0 Å². The molecule has 0 bridgehead atoms. The van der Waals surface area contributed by atoms with Crippen molar-refractivity contribution < 1.29 is 0 Å². The van der Waals surface area contributed by atoms with Crippen LogP contribution in [0.15, 0.2) is 14.4 Å². The third-order valence-corrected chi connectivity index (χ3v) is 2.07. The minimum Gasteiger partial charge on any atom is -0.300 e. The highest BCUT2D eigenvalue weighted by molar-refractivity contribution is 6.17. The molecule has 0 saturated heterocycles. The lowest BCUT2D eigenvalue weighted by atomic mass is 10.5. The molecular formula is C6H2ClN5O3. The van der Waals surface area contributed by atoms with E-state index in [9.17, 15) is 14.4 Å². The van der Waals surface area contributed by atoms with Crippen LogP contribution >= 0.6 is 11.8 Å². The Bertz CT molecular complexity index is 754. The number of hydrogen-bond acceptors (Lipinski definition) is 3. The summed E-state index contributed by atoms with van der Waals surface area (Å²) in [5.74, 6) is 0. The van der Waals surface area contributed by atoms with Crippen LogP contribution in [-0.4, -0.2) is 18.7 Å². The lowest BCUT2D eigenvalue weighted by Gasteiger charge is -1.93. The second-order valence-electron chi connectivity index (χ2n) is 2.58. The molecule has 0 unspecified atom stereocenters. The molecule has 2 rings (SSSR count). The van der Waals surface area contributed by atoms with E-state index in [1.54, 1.807) is 0 Å². The third-order valence-electron chi connectivity index (χ3n) is 1.76. The first kappa shape index (κ1) is 9.29. The van der Waals surface area contributed by atoms with Crippen LogP contribution < -0.4 is 16.9 Å². The molecule has 0 aliphatic carbocycles. The Morgan fingerprint density at radius 2 is 1.93 bits per heavy atom. The zero-order valence-corrected chi connectivity index (χ0v) is 7.70. The van der Waals surface area contributed by atoms with E-state index in [4.69, 9.17) is 18.3 Å². The van der Waals surface area contributed by atoms with E-state index in [2.05, 4.69) is 14.9 Å². The summed E-state index contributed by atoms with van der Waals surface area (Å²) in [6.07, 6.45) is 0. The molecule has 0 spiro atoms. The van der Waals surface area contributed by atoms with Gasteiger partial charge < -0.3 is 0 Å². The Hall–Kier alpha value is -2.27. The molecule has 76 valence electrons. The lowest BCUT2D eigenvalue weighted by Crippen LogP contribution is -2.34. The molecule has 0 aromatic carbocycles. The number of imidazole rings is 1. The first-order valence-electron chi connectivity index (χ1n) is 3.60. The second-order valence-corrected chi connectivity index (χ2v) is 2.92. The molecule has 0 amide bonds. The van der Waals surface area contributed by atoms with Gasteiger partial charge in [-0.3, -0.25) is 14.8 Å². The smallest absolute Gasteiger partial charge is 0.300 e. The van der Waals surface area contributed by atoms with Crippen molar-refractivity contribution >= 4 is 22.9 Å². The predicted molar refractivity (Wildman–Crippen MR) is 50.7 cm³/mol. The number of nitrogens with one attached hydrogen (secondary N) is 2. The zero-order valence-electron chi connectivity index (χ0n) is 6.94. The monoisotopic (exact) mass is 227 g/mol. The van der Waals surface area contributed by atoms with Gasteiger partial charge in [0.05, 0.1) is 4.68 Å². The maximum absolute atomic E-state index is 11.4. The molecule has 0 saturated carbocycles. The second kappa shape index (κ2) is 2.86. The maximum Gasteiger partial charge on any atom is 0.416 e. The number of hydrogen-bond donors (Lipinski definition) is 2. The Kier molecular flexibility index (Phi) is 1.77. The molecular weight excluding hydrogens is 226 g/mol. The van der Waals surface area contributed by atoms with E-state index in [0.29, 0.717) is 4.09 Å². The van der Waals surface area contributed by atoms with Gasteiger partial charge in [0, 0.05) is 11.8 Å². The molecule has 2 heterocycles. The Morgan fingerprint density at radius 1 is 1.27 bits per heavy atom. The van der Waals surface area contributed by atoms with Gasteiger partial charge in [-0.15, -0.1) is 4.95 Å². The molecule has 2 aromatic heterocycles. The zero-order chi connectivity index (χ0) is 11.2. The van der Waals surface area contributed by atoms with Gasteiger partial charge in [-0.25, -0.2) is 9.59 Å². The molecule has 0 aliphatic rings. The summed E-state index contributed by atoms with van der Waals surface area (Å²) in [6.45, 7) is 6.62. The van der Waals surface area contributed by atoms with Gasteiger partial charge in [-0.05, 0) is 0 Å². The highest BCUT2D eigenvalue weighted by atomic mass is 35.5. The van der Waals surface area contributed by atoms with E-state index in [-0.39, 0.29) is 15.8 Å². The van der Waals surface area contributed by atoms with Gasteiger partial charge in [0.15, 0.2) is 11.2 Å². The lowest BCUT2D eigenvalue weighted by molar-refractivity contribution is 0.864. The fraction of sp³-hybridized carbons (Fsp3) is 0. The quantitative estimate of drug-likeness (QED) is 0.557. The molecule has 15 heavy (non-hydrogen) atoms. The SMILES string of the molecule is [C-]#[N+]n1c(=O)c2[nH]c(=O)[nH]c2n(Cl)c1=O. The molecule has 0 fully saturated rings. The summed E-state index contributed by atoms with van der Waals surface area (Å²) in [4.78, 5) is 40.6. The van der Waals surface area contributed by atoms with Crippen molar-refractivity contribution in [3.05, 3.63) is 42.8 Å². The molecule has 0 radical (unpaired) electrons. The Labute approximate surface area is 85.2 Å². The number of halogens is 1.